The molecular weight excluding hydrogens is 354 g/mol. The zero-order valence-corrected chi connectivity index (χ0v) is 14.9. The number of fused-ring (bicyclic) bond motifs is 1. The van der Waals surface area contributed by atoms with Gasteiger partial charge in [-0.25, -0.2) is 4.98 Å². The molecule has 2 aromatic heterocycles. The Balaban J connectivity index is 1.63. The molecule has 0 bridgehead atoms. The van der Waals surface area contributed by atoms with Crippen LogP contribution in [0.4, 0.5) is 0 Å². The highest BCUT2D eigenvalue weighted by Crippen LogP contribution is 2.18. The fraction of sp³-hybridized carbons (Fsp3) is 0.211. The average molecular weight is 372 g/mol. The maximum Gasteiger partial charge on any atom is 0.308 e. The summed E-state index contributed by atoms with van der Waals surface area (Å²) in [5.41, 5.74) is 2.19. The van der Waals surface area contributed by atoms with Crippen molar-refractivity contribution in [3.05, 3.63) is 71.1 Å². The molecule has 0 saturated carbocycles. The predicted octanol–water partition coefficient (Wildman–Crippen LogP) is 3.30. The van der Waals surface area contributed by atoms with Crippen LogP contribution in [-0.4, -0.2) is 21.3 Å². The third-order valence-electron chi connectivity index (χ3n) is 3.80. The highest BCUT2D eigenvalue weighted by Gasteiger charge is 2.18. The van der Waals surface area contributed by atoms with Gasteiger partial charge in [0.15, 0.2) is 0 Å². The fourth-order valence-corrected chi connectivity index (χ4v) is 2.82. The summed E-state index contributed by atoms with van der Waals surface area (Å²) in [6, 6.07) is 12.4. The number of nitrogens with zero attached hydrogens (tertiary/aromatic N) is 2. The van der Waals surface area contributed by atoms with E-state index >= 15 is 0 Å². The maximum atomic E-state index is 12.2. The number of amides is 1. The Kier molecular flexibility index (Phi) is 5.53. The lowest BCUT2D eigenvalue weighted by molar-refractivity contribution is -0.145. The normalized spacial score (nSPS) is 11.9. The van der Waals surface area contributed by atoms with Crippen molar-refractivity contribution in [2.24, 2.45) is 0 Å². The molecular formula is C19H18ClN3O3. The van der Waals surface area contributed by atoms with Gasteiger partial charge in [0, 0.05) is 19.3 Å². The van der Waals surface area contributed by atoms with Gasteiger partial charge in [0.2, 0.25) is 5.91 Å². The van der Waals surface area contributed by atoms with Gasteiger partial charge >= 0.3 is 5.97 Å². The minimum Gasteiger partial charge on any atom is -0.459 e. The topological polar surface area (TPSA) is 72.7 Å². The highest BCUT2D eigenvalue weighted by atomic mass is 35.5. The van der Waals surface area contributed by atoms with Gasteiger partial charge in [-0.15, -0.1) is 0 Å². The number of hydrogen-bond acceptors (Lipinski definition) is 4. The van der Waals surface area contributed by atoms with E-state index in [1.807, 2.05) is 30.3 Å². The van der Waals surface area contributed by atoms with Gasteiger partial charge in [-0.1, -0.05) is 41.9 Å². The van der Waals surface area contributed by atoms with E-state index in [4.69, 9.17) is 16.3 Å². The highest BCUT2D eigenvalue weighted by molar-refractivity contribution is 6.30. The number of benzene rings is 1. The molecule has 1 aromatic carbocycles. The van der Waals surface area contributed by atoms with Gasteiger partial charge in [0.1, 0.15) is 12.3 Å². The van der Waals surface area contributed by atoms with E-state index in [1.54, 1.807) is 28.9 Å². The van der Waals surface area contributed by atoms with Gasteiger partial charge in [-0.2, -0.15) is 0 Å². The molecule has 2 heterocycles. The number of nitrogens with one attached hydrogen (secondary N) is 1. The van der Waals surface area contributed by atoms with Crippen LogP contribution < -0.4 is 5.32 Å². The van der Waals surface area contributed by atoms with Crippen LogP contribution in [0.1, 0.15) is 30.6 Å². The Hall–Kier alpha value is -2.86. The molecule has 0 unspecified atom stereocenters. The van der Waals surface area contributed by atoms with Crippen LogP contribution in [-0.2, 0) is 20.9 Å². The zero-order chi connectivity index (χ0) is 18.5. The first-order valence-electron chi connectivity index (χ1n) is 8.12. The van der Waals surface area contributed by atoms with E-state index in [0.29, 0.717) is 10.7 Å². The molecule has 3 aromatic rings. The molecule has 0 aliphatic rings. The molecule has 1 atom stereocenters. The number of rotatable bonds is 6. The van der Waals surface area contributed by atoms with Gasteiger partial charge in [-0.3, -0.25) is 9.59 Å². The Morgan fingerprint density at radius 2 is 1.96 bits per heavy atom. The molecule has 1 amide bonds. The van der Waals surface area contributed by atoms with Crippen molar-refractivity contribution in [2.75, 3.05) is 0 Å². The molecule has 0 fully saturated rings. The van der Waals surface area contributed by atoms with Crippen molar-refractivity contribution in [1.29, 1.82) is 0 Å². The molecule has 0 radical (unpaired) electrons. The van der Waals surface area contributed by atoms with E-state index < -0.39 is 12.0 Å². The third kappa shape index (κ3) is 4.61. The minimum atomic E-state index is -0.430. The Labute approximate surface area is 155 Å². The van der Waals surface area contributed by atoms with E-state index in [9.17, 15) is 9.59 Å². The first kappa shape index (κ1) is 17.9. The lowest BCUT2D eigenvalue weighted by atomic mass is 10.0. The molecule has 0 spiro atoms. The zero-order valence-electron chi connectivity index (χ0n) is 14.2. The summed E-state index contributed by atoms with van der Waals surface area (Å²) in [7, 11) is 0. The van der Waals surface area contributed by atoms with E-state index in [0.717, 1.165) is 11.2 Å². The van der Waals surface area contributed by atoms with Crippen LogP contribution in [0.25, 0.3) is 5.65 Å². The quantitative estimate of drug-likeness (QED) is 0.675. The first-order chi connectivity index (χ1) is 12.5. The SMILES string of the molecule is CC(=O)N[C@@H](CC(=O)OCc1cn2cc(Cl)ccc2n1)c1ccccc1. The van der Waals surface area contributed by atoms with Gasteiger partial charge in [-0.05, 0) is 17.7 Å². The number of pyridine rings is 1. The van der Waals surface area contributed by atoms with Crippen LogP contribution in [0.3, 0.4) is 0 Å². The molecule has 3 rings (SSSR count). The summed E-state index contributed by atoms with van der Waals surface area (Å²) in [5, 5.41) is 3.38. The number of hydrogen-bond donors (Lipinski definition) is 1. The maximum absolute atomic E-state index is 12.2. The van der Waals surface area contributed by atoms with Crippen LogP contribution in [0.5, 0.6) is 0 Å². The third-order valence-corrected chi connectivity index (χ3v) is 4.02. The van der Waals surface area contributed by atoms with Crippen molar-refractivity contribution in [3.63, 3.8) is 0 Å². The average Bonchev–Trinajstić information content (AvgIpc) is 3.02. The summed E-state index contributed by atoms with van der Waals surface area (Å²) in [4.78, 5) is 28.0. The smallest absolute Gasteiger partial charge is 0.308 e. The molecule has 7 heteroatoms. The van der Waals surface area contributed by atoms with Crippen LogP contribution in [0.15, 0.2) is 54.9 Å². The monoisotopic (exact) mass is 371 g/mol. The standard InChI is InChI=1S/C19H18ClN3O3/c1-13(24)21-17(14-5-3-2-4-6-14)9-19(25)26-12-16-11-23-10-15(20)7-8-18(23)22-16/h2-8,10-11,17H,9,12H2,1H3,(H,21,24)/t17-/m0/s1. The Bertz CT molecular complexity index is 924. The number of carbonyl (C=O) groups is 2. The molecule has 134 valence electrons. The first-order valence-corrected chi connectivity index (χ1v) is 8.50. The molecule has 6 nitrogen and oxygen atoms in total. The van der Waals surface area contributed by atoms with Crippen molar-refractivity contribution < 1.29 is 14.3 Å². The fourth-order valence-electron chi connectivity index (χ4n) is 2.65. The lowest BCUT2D eigenvalue weighted by Crippen LogP contribution is -2.28. The summed E-state index contributed by atoms with van der Waals surface area (Å²) in [6.07, 6.45) is 3.54. The van der Waals surface area contributed by atoms with Crippen LogP contribution >= 0.6 is 11.6 Å². The molecule has 26 heavy (non-hydrogen) atoms. The van der Waals surface area contributed by atoms with Gasteiger partial charge < -0.3 is 14.5 Å². The largest absolute Gasteiger partial charge is 0.459 e. The summed E-state index contributed by atoms with van der Waals surface area (Å²) in [6.45, 7) is 1.47. The van der Waals surface area contributed by atoms with Crippen molar-refractivity contribution in [2.45, 2.75) is 26.0 Å². The number of halogens is 1. The Morgan fingerprint density at radius 1 is 1.19 bits per heavy atom. The summed E-state index contributed by atoms with van der Waals surface area (Å²) < 4.78 is 7.10. The Morgan fingerprint density at radius 3 is 2.69 bits per heavy atom. The van der Waals surface area contributed by atoms with Crippen molar-refractivity contribution in [3.8, 4) is 0 Å². The van der Waals surface area contributed by atoms with E-state index in [-0.39, 0.29) is 18.9 Å². The second kappa shape index (κ2) is 8.01. The second-order valence-electron chi connectivity index (χ2n) is 5.87. The van der Waals surface area contributed by atoms with E-state index in [1.165, 1.54) is 6.92 Å². The number of esters is 1. The predicted molar refractivity (Wildman–Crippen MR) is 97.6 cm³/mol. The van der Waals surface area contributed by atoms with Gasteiger partial charge in [0.05, 0.1) is 23.2 Å². The lowest BCUT2D eigenvalue weighted by Gasteiger charge is -2.17. The minimum absolute atomic E-state index is 0.0444. The molecule has 0 saturated heterocycles. The molecule has 0 aliphatic heterocycles. The number of aromatic nitrogens is 2. The van der Waals surface area contributed by atoms with E-state index in [2.05, 4.69) is 10.3 Å². The number of imidazole rings is 1. The second-order valence-corrected chi connectivity index (χ2v) is 6.31. The van der Waals surface area contributed by atoms with Gasteiger partial charge in [0.25, 0.3) is 0 Å². The summed E-state index contributed by atoms with van der Waals surface area (Å²) in [5.74, 6) is -0.619. The number of ether oxygens (including phenoxy) is 1. The summed E-state index contributed by atoms with van der Waals surface area (Å²) >= 11 is 5.94. The molecule has 0 aliphatic carbocycles. The van der Waals surface area contributed by atoms with Crippen LogP contribution in [0.2, 0.25) is 5.02 Å². The van der Waals surface area contributed by atoms with Crippen molar-refractivity contribution >= 4 is 29.1 Å². The van der Waals surface area contributed by atoms with Crippen molar-refractivity contribution in [1.82, 2.24) is 14.7 Å². The molecule has 1 N–H and O–H groups in total. The number of carbonyl (C=O) groups excluding carboxylic acids is 2. The van der Waals surface area contributed by atoms with Crippen LogP contribution in [0, 0.1) is 0 Å².